The lowest BCUT2D eigenvalue weighted by molar-refractivity contribution is 0.545. The molecule has 0 amide bonds. The summed E-state index contributed by atoms with van der Waals surface area (Å²) in [6, 6.07) is 4.52. The molecule has 1 heterocycles. The maximum Gasteiger partial charge on any atom is 0.0683 e. The van der Waals surface area contributed by atoms with Gasteiger partial charge in [-0.2, -0.15) is 0 Å². The van der Waals surface area contributed by atoms with Gasteiger partial charge in [0, 0.05) is 23.3 Å². The quantitative estimate of drug-likeness (QED) is 0.755. The predicted octanol–water partition coefficient (Wildman–Crippen LogP) is 2.32. The summed E-state index contributed by atoms with van der Waals surface area (Å²) >= 11 is 3.48. The molecule has 1 rings (SSSR count). The maximum absolute atomic E-state index is 4.30. The van der Waals surface area contributed by atoms with Gasteiger partial charge >= 0.3 is 0 Å². The van der Waals surface area contributed by atoms with Crippen LogP contribution in [-0.4, -0.2) is 24.1 Å². The Morgan fingerprint density at radius 1 is 1.38 bits per heavy atom. The molecule has 4 heteroatoms. The molecule has 2 N–H and O–H groups in total. The Morgan fingerprint density at radius 3 is 2.88 bits per heavy atom. The van der Waals surface area contributed by atoms with Crippen molar-refractivity contribution in [2.75, 3.05) is 13.1 Å². The van der Waals surface area contributed by atoms with E-state index in [9.17, 15) is 0 Å². The zero-order valence-corrected chi connectivity index (χ0v) is 11.5. The molecular formula is C12H20BrN3. The Balaban J connectivity index is 2.10. The second kappa shape index (κ2) is 7.76. The minimum atomic E-state index is 0.574. The average molecular weight is 286 g/mol. The number of pyridine rings is 1. The summed E-state index contributed by atoms with van der Waals surface area (Å²) in [5.74, 6) is 0. The van der Waals surface area contributed by atoms with E-state index in [0.717, 1.165) is 36.2 Å². The zero-order valence-electron chi connectivity index (χ0n) is 9.96. The lowest BCUT2D eigenvalue weighted by atomic mass is 10.3. The highest BCUT2D eigenvalue weighted by atomic mass is 79.9. The van der Waals surface area contributed by atoms with Gasteiger partial charge in [-0.1, -0.05) is 13.8 Å². The van der Waals surface area contributed by atoms with Crippen molar-refractivity contribution in [3.63, 3.8) is 0 Å². The Bertz CT molecular complexity index is 302. The number of aromatic nitrogens is 1. The van der Waals surface area contributed by atoms with Gasteiger partial charge in [-0.15, -0.1) is 0 Å². The van der Waals surface area contributed by atoms with Crippen molar-refractivity contribution in [2.24, 2.45) is 0 Å². The number of nitrogens with one attached hydrogen (secondary N) is 2. The van der Waals surface area contributed by atoms with Gasteiger partial charge < -0.3 is 10.6 Å². The van der Waals surface area contributed by atoms with Crippen molar-refractivity contribution < 1.29 is 0 Å². The predicted molar refractivity (Wildman–Crippen MR) is 71.4 cm³/mol. The number of halogens is 1. The van der Waals surface area contributed by atoms with Crippen LogP contribution in [0.2, 0.25) is 0 Å². The standard InChI is InChI=1S/C12H20BrN3/c1-10(2)15-8-4-6-14-9-12-11(13)5-3-7-16-12/h3,5,7,10,14-15H,4,6,8-9H2,1-2H3. The summed E-state index contributed by atoms with van der Waals surface area (Å²) in [4.78, 5) is 4.30. The molecule has 90 valence electrons. The van der Waals surface area contributed by atoms with Gasteiger partial charge in [0.1, 0.15) is 0 Å². The molecule has 0 saturated heterocycles. The fourth-order valence-electron chi connectivity index (χ4n) is 1.36. The molecule has 0 aliphatic rings. The van der Waals surface area contributed by atoms with Crippen LogP contribution in [0.15, 0.2) is 22.8 Å². The maximum atomic E-state index is 4.30. The largest absolute Gasteiger partial charge is 0.314 e. The summed E-state index contributed by atoms with van der Waals surface area (Å²) in [5, 5.41) is 6.77. The van der Waals surface area contributed by atoms with E-state index in [4.69, 9.17) is 0 Å². The van der Waals surface area contributed by atoms with Crippen molar-refractivity contribution in [1.82, 2.24) is 15.6 Å². The molecular weight excluding hydrogens is 266 g/mol. The highest BCUT2D eigenvalue weighted by Gasteiger charge is 1.98. The van der Waals surface area contributed by atoms with E-state index in [1.807, 2.05) is 18.3 Å². The normalized spacial score (nSPS) is 11.0. The molecule has 0 atom stereocenters. The Hall–Kier alpha value is -0.450. The van der Waals surface area contributed by atoms with Gasteiger partial charge in [0.05, 0.1) is 5.69 Å². The third-order valence-corrected chi connectivity index (χ3v) is 2.93. The highest BCUT2D eigenvalue weighted by molar-refractivity contribution is 9.10. The zero-order chi connectivity index (χ0) is 11.8. The Labute approximate surface area is 106 Å². The van der Waals surface area contributed by atoms with Gasteiger partial charge in [0.25, 0.3) is 0 Å². The lowest BCUT2D eigenvalue weighted by Crippen LogP contribution is -2.26. The van der Waals surface area contributed by atoms with E-state index >= 15 is 0 Å². The summed E-state index contributed by atoms with van der Waals surface area (Å²) in [6.07, 6.45) is 2.96. The van der Waals surface area contributed by atoms with Gasteiger partial charge in [-0.25, -0.2) is 0 Å². The fraction of sp³-hybridized carbons (Fsp3) is 0.583. The van der Waals surface area contributed by atoms with Crippen LogP contribution in [0.3, 0.4) is 0 Å². The Kier molecular flexibility index (Phi) is 6.61. The monoisotopic (exact) mass is 285 g/mol. The molecule has 1 aromatic rings. The summed E-state index contributed by atoms with van der Waals surface area (Å²) < 4.78 is 1.07. The van der Waals surface area contributed by atoms with Gasteiger partial charge in [-0.3, -0.25) is 4.98 Å². The van der Waals surface area contributed by atoms with Crippen LogP contribution in [0.5, 0.6) is 0 Å². The van der Waals surface area contributed by atoms with E-state index in [-0.39, 0.29) is 0 Å². The van der Waals surface area contributed by atoms with Crippen molar-refractivity contribution in [3.8, 4) is 0 Å². The van der Waals surface area contributed by atoms with Gasteiger partial charge in [0.15, 0.2) is 0 Å². The molecule has 16 heavy (non-hydrogen) atoms. The third-order valence-electron chi connectivity index (χ3n) is 2.21. The first-order valence-corrected chi connectivity index (χ1v) is 6.53. The summed E-state index contributed by atoms with van der Waals surface area (Å²) in [5.41, 5.74) is 1.07. The van der Waals surface area contributed by atoms with Crippen molar-refractivity contribution in [3.05, 3.63) is 28.5 Å². The molecule has 0 unspecified atom stereocenters. The first kappa shape index (κ1) is 13.6. The SMILES string of the molecule is CC(C)NCCCNCc1ncccc1Br. The van der Waals surface area contributed by atoms with Crippen LogP contribution in [0.1, 0.15) is 26.0 Å². The van der Waals surface area contributed by atoms with Crippen LogP contribution in [0.4, 0.5) is 0 Å². The van der Waals surface area contributed by atoms with Crippen molar-refractivity contribution in [2.45, 2.75) is 32.9 Å². The highest BCUT2D eigenvalue weighted by Crippen LogP contribution is 2.12. The molecule has 3 nitrogen and oxygen atoms in total. The van der Waals surface area contributed by atoms with E-state index < -0.39 is 0 Å². The van der Waals surface area contributed by atoms with E-state index in [0.29, 0.717) is 6.04 Å². The smallest absolute Gasteiger partial charge is 0.0683 e. The molecule has 0 radical (unpaired) electrons. The lowest BCUT2D eigenvalue weighted by Gasteiger charge is -2.08. The van der Waals surface area contributed by atoms with Crippen LogP contribution < -0.4 is 10.6 Å². The number of hydrogen-bond acceptors (Lipinski definition) is 3. The van der Waals surface area contributed by atoms with Crippen LogP contribution in [-0.2, 0) is 6.54 Å². The molecule has 0 aliphatic heterocycles. The second-order valence-corrected chi connectivity index (χ2v) is 4.93. The topological polar surface area (TPSA) is 37.0 Å². The number of rotatable bonds is 7. The van der Waals surface area contributed by atoms with E-state index in [1.54, 1.807) is 0 Å². The molecule has 0 aliphatic carbocycles. The van der Waals surface area contributed by atoms with Crippen molar-refractivity contribution in [1.29, 1.82) is 0 Å². The fourth-order valence-corrected chi connectivity index (χ4v) is 1.75. The average Bonchev–Trinajstić information content (AvgIpc) is 2.25. The molecule has 1 aromatic heterocycles. The molecule has 0 spiro atoms. The van der Waals surface area contributed by atoms with E-state index in [2.05, 4.69) is 45.4 Å². The number of hydrogen-bond donors (Lipinski definition) is 2. The number of nitrogens with zero attached hydrogens (tertiary/aromatic N) is 1. The van der Waals surface area contributed by atoms with Crippen LogP contribution in [0, 0.1) is 0 Å². The second-order valence-electron chi connectivity index (χ2n) is 4.07. The summed E-state index contributed by atoms with van der Waals surface area (Å²) in [7, 11) is 0. The minimum Gasteiger partial charge on any atom is -0.314 e. The van der Waals surface area contributed by atoms with Crippen molar-refractivity contribution >= 4 is 15.9 Å². The van der Waals surface area contributed by atoms with Gasteiger partial charge in [-0.05, 0) is 47.6 Å². The molecule has 0 bridgehead atoms. The molecule has 0 fully saturated rings. The third kappa shape index (κ3) is 5.58. The molecule has 0 saturated carbocycles. The van der Waals surface area contributed by atoms with Crippen LogP contribution >= 0.6 is 15.9 Å². The van der Waals surface area contributed by atoms with E-state index in [1.165, 1.54) is 0 Å². The Morgan fingerprint density at radius 2 is 2.19 bits per heavy atom. The van der Waals surface area contributed by atoms with Gasteiger partial charge in [0.2, 0.25) is 0 Å². The first-order chi connectivity index (χ1) is 7.70. The molecule has 0 aromatic carbocycles. The first-order valence-electron chi connectivity index (χ1n) is 5.73. The van der Waals surface area contributed by atoms with Crippen LogP contribution in [0.25, 0.3) is 0 Å². The minimum absolute atomic E-state index is 0.574. The summed E-state index contributed by atoms with van der Waals surface area (Å²) in [6.45, 7) is 7.23.